The van der Waals surface area contributed by atoms with Gasteiger partial charge in [0.1, 0.15) is 12.2 Å². The minimum absolute atomic E-state index is 1.29. The van der Waals surface area contributed by atoms with Crippen molar-refractivity contribution < 1.29 is 38.1 Å². The van der Waals surface area contributed by atoms with Crippen molar-refractivity contribution in [1.82, 2.24) is 0 Å². The molecule has 1 saturated heterocycles. The lowest BCUT2D eigenvalue weighted by molar-refractivity contribution is -0.146. The van der Waals surface area contributed by atoms with Crippen LogP contribution in [0.5, 0.6) is 0 Å². The molecule has 0 spiro atoms. The lowest BCUT2D eigenvalue weighted by Crippen LogP contribution is -2.52. The van der Waals surface area contributed by atoms with E-state index < -0.39 is 40.2 Å². The molecule has 1 aliphatic rings. The molecule has 14 heavy (non-hydrogen) atoms. The Morgan fingerprint density at radius 1 is 1.29 bits per heavy atom. The second-order valence-corrected chi connectivity index (χ2v) is 4.53. The number of hydrogen-bond donors (Lipinski definition) is 5. The van der Waals surface area contributed by atoms with Gasteiger partial charge in [-0.1, -0.05) is 0 Å². The minimum Gasteiger partial charge on any atom is -0.392 e. The van der Waals surface area contributed by atoms with Gasteiger partial charge >= 0.3 is 10.1 Å². The van der Waals surface area contributed by atoms with Crippen molar-refractivity contribution in [2.75, 3.05) is 6.61 Å². The fourth-order valence-corrected chi connectivity index (χ4v) is 2.01. The van der Waals surface area contributed by atoms with Gasteiger partial charge in [0, 0.05) is 0 Å². The Labute approximate surface area is 79.1 Å². The van der Waals surface area contributed by atoms with E-state index in [0.717, 1.165) is 0 Å². The van der Waals surface area contributed by atoms with Crippen molar-refractivity contribution in [2.24, 2.45) is 0 Å². The molecule has 84 valence electrons. The molecule has 9 heteroatoms. The predicted molar refractivity (Wildman–Crippen MR) is 40.5 cm³/mol. The van der Waals surface area contributed by atoms with E-state index in [1.54, 1.807) is 0 Å². The fraction of sp³-hybridized carbons (Fsp3) is 1.00. The molecule has 0 aromatic heterocycles. The van der Waals surface area contributed by atoms with E-state index in [0.29, 0.717) is 0 Å². The normalized spacial score (nSPS) is 44.2. The molecule has 8 nitrogen and oxygen atoms in total. The first-order valence-corrected chi connectivity index (χ1v) is 5.00. The van der Waals surface area contributed by atoms with Crippen LogP contribution in [0.3, 0.4) is 0 Å². The van der Waals surface area contributed by atoms with Gasteiger partial charge in [-0.2, -0.15) is 8.42 Å². The van der Waals surface area contributed by atoms with Crippen LogP contribution >= 0.6 is 0 Å². The Bertz CT molecular complexity index is 312. The van der Waals surface area contributed by atoms with Gasteiger partial charge in [0.25, 0.3) is 0 Å². The van der Waals surface area contributed by atoms with Crippen LogP contribution in [-0.2, 0) is 14.9 Å². The van der Waals surface area contributed by atoms with Crippen molar-refractivity contribution in [2.45, 2.75) is 23.4 Å². The topological polar surface area (TPSA) is 145 Å². The van der Waals surface area contributed by atoms with E-state index in [2.05, 4.69) is 4.74 Å². The van der Waals surface area contributed by atoms with Gasteiger partial charge < -0.3 is 25.2 Å². The molecule has 0 bridgehead atoms. The number of hydrogen-bond acceptors (Lipinski definition) is 7. The molecular formula is C5H10O8S. The fourth-order valence-electron chi connectivity index (χ4n) is 1.19. The third-order valence-corrected chi connectivity index (χ3v) is 3.38. The maximum Gasteiger partial charge on any atom is 0.300 e. The van der Waals surface area contributed by atoms with Crippen LogP contribution in [0.25, 0.3) is 0 Å². The van der Waals surface area contributed by atoms with Crippen molar-refractivity contribution in [1.29, 1.82) is 0 Å². The van der Waals surface area contributed by atoms with Gasteiger partial charge in [0.15, 0.2) is 6.29 Å². The average molecular weight is 230 g/mol. The number of aliphatic hydroxyl groups is 4. The molecule has 0 saturated carbocycles. The molecular weight excluding hydrogens is 220 g/mol. The van der Waals surface area contributed by atoms with E-state index in [-0.39, 0.29) is 0 Å². The zero-order chi connectivity index (χ0) is 11.1. The van der Waals surface area contributed by atoms with Gasteiger partial charge in [-0.3, -0.25) is 4.55 Å². The zero-order valence-electron chi connectivity index (χ0n) is 6.81. The zero-order valence-corrected chi connectivity index (χ0v) is 7.62. The summed E-state index contributed by atoms with van der Waals surface area (Å²) in [6, 6.07) is 0. The molecule has 4 atom stereocenters. The van der Waals surface area contributed by atoms with E-state index in [9.17, 15) is 13.5 Å². The van der Waals surface area contributed by atoms with Crippen LogP contribution in [0.15, 0.2) is 0 Å². The van der Waals surface area contributed by atoms with Crippen molar-refractivity contribution in [3.63, 3.8) is 0 Å². The molecule has 0 radical (unpaired) electrons. The second kappa shape index (κ2) is 3.38. The minimum atomic E-state index is -4.97. The summed E-state index contributed by atoms with van der Waals surface area (Å²) < 4.78 is 34.5. The summed E-state index contributed by atoms with van der Waals surface area (Å²) in [5.74, 6) is 0. The summed E-state index contributed by atoms with van der Waals surface area (Å²) >= 11 is 0. The number of aliphatic hydroxyl groups excluding tert-OH is 4. The standard InChI is InChI=1S/C5H10O8S/c6-1-5(14(10,11)12)3(8)2(7)4(9)13-5/h2-4,6-9H,1H2,(H,10,11,12)/t2-,3+,4?,5+/m1/s1. The maximum absolute atomic E-state index is 10.8. The number of rotatable bonds is 2. The van der Waals surface area contributed by atoms with Gasteiger partial charge in [-0.15, -0.1) is 0 Å². The molecule has 0 aromatic rings. The molecule has 1 fully saturated rings. The van der Waals surface area contributed by atoms with Gasteiger partial charge in [0.05, 0.1) is 6.61 Å². The van der Waals surface area contributed by atoms with E-state index in [4.69, 9.17) is 19.9 Å². The molecule has 1 heterocycles. The third-order valence-electron chi connectivity index (χ3n) is 2.04. The van der Waals surface area contributed by atoms with Crippen LogP contribution in [0.4, 0.5) is 0 Å². The van der Waals surface area contributed by atoms with Crippen LogP contribution in [0.1, 0.15) is 0 Å². The summed E-state index contributed by atoms with van der Waals surface area (Å²) in [6.45, 7) is -1.29. The SMILES string of the molecule is O=S(=O)(O)[C@]1(CO)OC(O)[C@H](O)[C@@H]1O. The van der Waals surface area contributed by atoms with Crippen LogP contribution in [0, 0.1) is 0 Å². The summed E-state index contributed by atoms with van der Waals surface area (Å²) in [5, 5.41) is 35.8. The van der Waals surface area contributed by atoms with Crippen LogP contribution in [-0.4, -0.2) is 63.4 Å². The summed E-state index contributed by atoms with van der Waals surface area (Å²) in [4.78, 5) is -2.79. The third kappa shape index (κ3) is 1.42. The Balaban J connectivity index is 3.16. The highest BCUT2D eigenvalue weighted by Crippen LogP contribution is 2.33. The van der Waals surface area contributed by atoms with Crippen LogP contribution < -0.4 is 0 Å². The van der Waals surface area contributed by atoms with E-state index >= 15 is 0 Å². The Kier molecular flexibility index (Phi) is 2.84. The van der Waals surface area contributed by atoms with Crippen LogP contribution in [0.2, 0.25) is 0 Å². The first-order valence-electron chi connectivity index (χ1n) is 3.56. The van der Waals surface area contributed by atoms with Crippen molar-refractivity contribution in [3.05, 3.63) is 0 Å². The summed E-state index contributed by atoms with van der Waals surface area (Å²) in [6.07, 6.45) is -6.03. The Morgan fingerprint density at radius 3 is 1.93 bits per heavy atom. The first kappa shape index (κ1) is 11.8. The largest absolute Gasteiger partial charge is 0.392 e. The summed E-state index contributed by atoms with van der Waals surface area (Å²) in [7, 11) is -4.97. The lowest BCUT2D eigenvalue weighted by atomic mass is 10.1. The predicted octanol–water partition coefficient (Wildman–Crippen LogP) is -3.37. The maximum atomic E-state index is 10.8. The quantitative estimate of drug-likeness (QED) is 0.309. The van der Waals surface area contributed by atoms with E-state index in [1.807, 2.05) is 0 Å². The highest BCUT2D eigenvalue weighted by molar-refractivity contribution is 7.87. The molecule has 0 aromatic carbocycles. The van der Waals surface area contributed by atoms with Crippen molar-refractivity contribution in [3.8, 4) is 0 Å². The molecule has 1 aliphatic heterocycles. The Morgan fingerprint density at radius 2 is 1.79 bits per heavy atom. The number of ether oxygens (including phenoxy) is 1. The summed E-state index contributed by atoms with van der Waals surface area (Å²) in [5.41, 5.74) is 0. The van der Waals surface area contributed by atoms with Gasteiger partial charge in [-0.05, 0) is 0 Å². The molecule has 1 rings (SSSR count). The first-order chi connectivity index (χ1) is 6.26. The van der Waals surface area contributed by atoms with Crippen molar-refractivity contribution >= 4 is 10.1 Å². The second-order valence-electron chi connectivity index (χ2n) is 2.89. The highest BCUT2D eigenvalue weighted by atomic mass is 32.2. The molecule has 5 N–H and O–H groups in total. The molecule has 0 aliphatic carbocycles. The van der Waals surface area contributed by atoms with E-state index in [1.165, 1.54) is 0 Å². The molecule has 0 amide bonds. The Hall–Kier alpha value is -0.290. The highest BCUT2D eigenvalue weighted by Gasteiger charge is 2.61. The monoisotopic (exact) mass is 230 g/mol. The average Bonchev–Trinajstić information content (AvgIpc) is 2.29. The molecule has 1 unspecified atom stereocenters. The van der Waals surface area contributed by atoms with Gasteiger partial charge in [-0.25, -0.2) is 0 Å². The lowest BCUT2D eigenvalue weighted by Gasteiger charge is -2.25. The van der Waals surface area contributed by atoms with Gasteiger partial charge in [0.2, 0.25) is 4.93 Å². The smallest absolute Gasteiger partial charge is 0.300 e.